The summed E-state index contributed by atoms with van der Waals surface area (Å²) in [6.07, 6.45) is 0.185. The van der Waals surface area contributed by atoms with Crippen LogP contribution in [0.4, 0.5) is 4.39 Å². The van der Waals surface area contributed by atoms with Crippen molar-refractivity contribution >= 4 is 27.5 Å². The first-order chi connectivity index (χ1) is 13.3. The highest BCUT2D eigenvalue weighted by Gasteiger charge is 2.30. The van der Waals surface area contributed by atoms with Crippen molar-refractivity contribution in [2.45, 2.75) is 11.3 Å². The van der Waals surface area contributed by atoms with Crippen LogP contribution in [-0.2, 0) is 21.2 Å². The first kappa shape index (κ1) is 20.6. The van der Waals surface area contributed by atoms with Crippen LogP contribution in [-0.4, -0.2) is 56.8 Å². The Morgan fingerprint density at radius 3 is 2.46 bits per heavy atom. The third-order valence-corrected chi connectivity index (χ3v) is 6.84. The van der Waals surface area contributed by atoms with Crippen LogP contribution < -0.4 is 4.74 Å². The number of methoxy groups -OCH3 is 1. The van der Waals surface area contributed by atoms with Crippen molar-refractivity contribution in [1.82, 2.24) is 9.21 Å². The zero-order chi connectivity index (χ0) is 20.3. The molecule has 0 atom stereocenters. The quantitative estimate of drug-likeness (QED) is 0.737. The normalized spacial score (nSPS) is 15.5. The number of ether oxygens (including phenoxy) is 1. The fourth-order valence-electron chi connectivity index (χ4n) is 3.09. The predicted molar refractivity (Wildman–Crippen MR) is 103 cm³/mol. The number of carbonyl (C=O) groups is 1. The van der Waals surface area contributed by atoms with E-state index in [1.165, 1.54) is 10.4 Å². The number of piperazine rings is 1. The Morgan fingerprint density at radius 2 is 1.82 bits per heavy atom. The standard InChI is InChI=1S/C19H20ClFN2O4S/c1-27-18-5-3-2-4-14(18)12-19(24)22-8-10-23(11-9-22)28(25,26)15-6-7-17(21)16(20)13-15/h2-7,13H,8-12H2,1H3. The maximum absolute atomic E-state index is 13.3. The second-order valence-corrected chi connectivity index (χ2v) is 8.69. The maximum Gasteiger partial charge on any atom is 0.243 e. The number of hydrogen-bond donors (Lipinski definition) is 0. The smallest absolute Gasteiger partial charge is 0.243 e. The number of sulfonamides is 1. The lowest BCUT2D eigenvalue weighted by Gasteiger charge is -2.34. The van der Waals surface area contributed by atoms with Crippen molar-refractivity contribution in [1.29, 1.82) is 0 Å². The van der Waals surface area contributed by atoms with Crippen molar-refractivity contribution in [2.24, 2.45) is 0 Å². The van der Waals surface area contributed by atoms with Gasteiger partial charge in [0.05, 0.1) is 23.4 Å². The molecule has 0 spiro atoms. The summed E-state index contributed by atoms with van der Waals surface area (Å²) in [5, 5.41) is -0.244. The number of halogens is 2. The van der Waals surface area contributed by atoms with Gasteiger partial charge >= 0.3 is 0 Å². The molecular formula is C19H20ClFN2O4S. The largest absolute Gasteiger partial charge is 0.496 e. The first-order valence-electron chi connectivity index (χ1n) is 8.68. The van der Waals surface area contributed by atoms with Crippen LogP contribution in [0.3, 0.4) is 0 Å². The van der Waals surface area contributed by atoms with Gasteiger partial charge in [-0.2, -0.15) is 4.31 Å². The van der Waals surface area contributed by atoms with Crippen molar-refractivity contribution in [3.8, 4) is 5.75 Å². The molecule has 6 nitrogen and oxygen atoms in total. The summed E-state index contributed by atoms with van der Waals surface area (Å²) >= 11 is 5.70. The van der Waals surface area contributed by atoms with Gasteiger partial charge in [-0.05, 0) is 24.3 Å². The Labute approximate surface area is 168 Å². The molecule has 1 heterocycles. The number of rotatable bonds is 5. The summed E-state index contributed by atoms with van der Waals surface area (Å²) in [6, 6.07) is 10.6. The average molecular weight is 427 g/mol. The van der Waals surface area contributed by atoms with E-state index in [9.17, 15) is 17.6 Å². The molecule has 1 aliphatic rings. The van der Waals surface area contributed by atoms with Gasteiger partial charge in [0, 0.05) is 31.7 Å². The average Bonchev–Trinajstić information content (AvgIpc) is 2.70. The Balaban J connectivity index is 1.65. The molecule has 1 amide bonds. The van der Waals surface area contributed by atoms with Crippen LogP contribution in [0.2, 0.25) is 5.02 Å². The van der Waals surface area contributed by atoms with Gasteiger partial charge in [-0.1, -0.05) is 29.8 Å². The van der Waals surface area contributed by atoms with Gasteiger partial charge in [0.25, 0.3) is 0 Å². The monoisotopic (exact) mass is 426 g/mol. The Hall–Kier alpha value is -2.16. The predicted octanol–water partition coefficient (Wildman–Crippen LogP) is 2.56. The summed E-state index contributed by atoms with van der Waals surface area (Å²) in [6.45, 7) is 0.883. The van der Waals surface area contributed by atoms with Gasteiger partial charge in [-0.25, -0.2) is 12.8 Å². The number of para-hydroxylation sites is 1. The number of amides is 1. The number of benzene rings is 2. The zero-order valence-corrected chi connectivity index (χ0v) is 16.8. The van der Waals surface area contributed by atoms with E-state index in [1.807, 2.05) is 18.2 Å². The minimum atomic E-state index is -3.80. The maximum atomic E-state index is 13.3. The Kier molecular flexibility index (Phi) is 6.22. The topological polar surface area (TPSA) is 66.9 Å². The fraction of sp³-hybridized carbons (Fsp3) is 0.316. The summed E-state index contributed by atoms with van der Waals surface area (Å²) in [5.41, 5.74) is 0.783. The molecule has 3 rings (SSSR count). The SMILES string of the molecule is COc1ccccc1CC(=O)N1CCN(S(=O)(=O)c2ccc(F)c(Cl)c2)CC1. The third-order valence-electron chi connectivity index (χ3n) is 4.65. The first-order valence-corrected chi connectivity index (χ1v) is 10.5. The summed E-state index contributed by atoms with van der Waals surface area (Å²) in [7, 11) is -2.25. The molecule has 0 N–H and O–H groups in total. The molecule has 0 aliphatic carbocycles. The van der Waals surface area contributed by atoms with Crippen molar-refractivity contribution in [3.63, 3.8) is 0 Å². The highest BCUT2D eigenvalue weighted by molar-refractivity contribution is 7.89. The van der Waals surface area contributed by atoms with Crippen LogP contribution in [0.15, 0.2) is 47.4 Å². The number of hydrogen-bond acceptors (Lipinski definition) is 4. The van der Waals surface area contributed by atoms with E-state index in [0.717, 1.165) is 17.7 Å². The minimum Gasteiger partial charge on any atom is -0.496 e. The molecule has 150 valence electrons. The molecule has 1 fully saturated rings. The van der Waals surface area contributed by atoms with Crippen molar-refractivity contribution in [3.05, 3.63) is 58.9 Å². The van der Waals surface area contributed by atoms with Gasteiger partial charge in [-0.15, -0.1) is 0 Å². The van der Waals surface area contributed by atoms with Gasteiger partial charge in [0.15, 0.2) is 0 Å². The fourth-order valence-corrected chi connectivity index (χ4v) is 4.78. The van der Waals surface area contributed by atoms with Crippen molar-refractivity contribution < 1.29 is 22.3 Å². The van der Waals surface area contributed by atoms with Crippen LogP contribution in [0.25, 0.3) is 0 Å². The Morgan fingerprint density at radius 1 is 1.14 bits per heavy atom. The van der Waals surface area contributed by atoms with E-state index in [4.69, 9.17) is 16.3 Å². The van der Waals surface area contributed by atoms with Crippen LogP contribution in [0, 0.1) is 5.82 Å². The molecule has 0 bridgehead atoms. The lowest BCUT2D eigenvalue weighted by molar-refractivity contribution is -0.131. The summed E-state index contributed by atoms with van der Waals surface area (Å²) in [4.78, 5) is 14.2. The Bertz CT molecular complexity index is 976. The molecule has 0 saturated carbocycles. The molecular weight excluding hydrogens is 407 g/mol. The minimum absolute atomic E-state index is 0.0623. The highest BCUT2D eigenvalue weighted by Crippen LogP contribution is 2.24. The molecule has 1 saturated heterocycles. The molecule has 2 aromatic carbocycles. The summed E-state index contributed by atoms with van der Waals surface area (Å²) < 4.78 is 45.3. The van der Waals surface area contributed by atoms with Gasteiger partial charge in [0.1, 0.15) is 11.6 Å². The van der Waals surface area contributed by atoms with Crippen LogP contribution in [0.1, 0.15) is 5.56 Å². The van der Waals surface area contributed by atoms with E-state index in [2.05, 4.69) is 0 Å². The third kappa shape index (κ3) is 4.29. The van der Waals surface area contributed by atoms with Crippen LogP contribution >= 0.6 is 11.6 Å². The summed E-state index contributed by atoms with van der Waals surface area (Å²) in [5.74, 6) is -0.121. The van der Waals surface area contributed by atoms with Crippen LogP contribution in [0.5, 0.6) is 5.75 Å². The highest BCUT2D eigenvalue weighted by atomic mass is 35.5. The molecule has 1 aliphatic heterocycles. The van der Waals surface area contributed by atoms with E-state index in [0.29, 0.717) is 5.75 Å². The van der Waals surface area contributed by atoms with Crippen molar-refractivity contribution in [2.75, 3.05) is 33.3 Å². The van der Waals surface area contributed by atoms with E-state index < -0.39 is 15.8 Å². The molecule has 2 aromatic rings. The lowest BCUT2D eigenvalue weighted by atomic mass is 10.1. The molecule has 0 aromatic heterocycles. The zero-order valence-electron chi connectivity index (χ0n) is 15.3. The molecule has 28 heavy (non-hydrogen) atoms. The van der Waals surface area contributed by atoms with E-state index in [-0.39, 0.29) is 48.4 Å². The number of carbonyl (C=O) groups excluding carboxylic acids is 1. The van der Waals surface area contributed by atoms with Gasteiger partial charge in [-0.3, -0.25) is 4.79 Å². The number of nitrogens with zero attached hydrogens (tertiary/aromatic N) is 2. The van der Waals surface area contributed by atoms with E-state index in [1.54, 1.807) is 18.1 Å². The molecule has 0 unspecified atom stereocenters. The second kappa shape index (κ2) is 8.46. The second-order valence-electron chi connectivity index (χ2n) is 6.35. The lowest BCUT2D eigenvalue weighted by Crippen LogP contribution is -2.50. The van der Waals surface area contributed by atoms with Gasteiger partial charge in [0.2, 0.25) is 15.9 Å². The molecule has 0 radical (unpaired) electrons. The van der Waals surface area contributed by atoms with Gasteiger partial charge < -0.3 is 9.64 Å². The van der Waals surface area contributed by atoms with E-state index >= 15 is 0 Å². The molecule has 9 heteroatoms.